The molecule has 0 unspecified atom stereocenters. The van der Waals surface area contributed by atoms with Crippen molar-refractivity contribution in [3.8, 4) is 34.5 Å². The maximum atomic E-state index is 13.3. The molecule has 1 N–H and O–H groups in total. The molecule has 9 nitrogen and oxygen atoms in total. The predicted octanol–water partition coefficient (Wildman–Crippen LogP) is 3.95. The van der Waals surface area contributed by atoms with Crippen molar-refractivity contribution in [2.75, 3.05) is 33.8 Å². The molecule has 2 aromatic heterocycles. The van der Waals surface area contributed by atoms with E-state index in [4.69, 9.17) is 18.9 Å². The molecule has 0 radical (unpaired) electrons. The van der Waals surface area contributed by atoms with Crippen LogP contribution in [-0.2, 0) is 0 Å². The molecule has 9 heteroatoms. The summed E-state index contributed by atoms with van der Waals surface area (Å²) in [5.74, 6) is 2.30. The fourth-order valence-corrected chi connectivity index (χ4v) is 3.49. The third-order valence-corrected chi connectivity index (χ3v) is 5.08. The van der Waals surface area contributed by atoms with Crippen LogP contribution in [-0.4, -0.2) is 48.7 Å². The lowest BCUT2D eigenvalue weighted by Crippen LogP contribution is -2.15. The Kier molecular flexibility index (Phi) is 6.21. The Morgan fingerprint density at radius 2 is 1.52 bits per heavy atom. The molecule has 0 aliphatic heterocycles. The molecule has 0 atom stereocenters. The number of nitrogens with zero attached hydrogens (tertiary/aromatic N) is 3. The number of carbonyl (C=O) groups is 1. The van der Waals surface area contributed by atoms with Gasteiger partial charge in [0.25, 0.3) is 5.91 Å². The van der Waals surface area contributed by atoms with E-state index in [2.05, 4.69) is 10.4 Å². The van der Waals surface area contributed by atoms with Crippen LogP contribution in [0.1, 0.15) is 10.4 Å². The molecule has 4 aromatic rings. The van der Waals surface area contributed by atoms with E-state index in [-0.39, 0.29) is 5.91 Å². The van der Waals surface area contributed by atoms with Crippen molar-refractivity contribution in [2.24, 2.45) is 0 Å². The zero-order valence-corrected chi connectivity index (χ0v) is 18.7. The molecule has 2 heterocycles. The Morgan fingerprint density at radius 1 is 0.879 bits per heavy atom. The average molecular weight is 448 g/mol. The van der Waals surface area contributed by atoms with Crippen molar-refractivity contribution in [3.63, 3.8) is 0 Å². The standard InChI is InChI=1S/C24H24N4O5/c1-30-18-9-7-17(8-10-18)28-24(27-11-5-6-12-27)19(15-25-28)23(29)26-16-13-20(31-2)22(33-4)21(14-16)32-3/h5-15H,1-4H3,(H,26,29). The molecule has 33 heavy (non-hydrogen) atoms. The van der Waals surface area contributed by atoms with Gasteiger partial charge in [0.15, 0.2) is 17.3 Å². The van der Waals surface area contributed by atoms with Crippen molar-refractivity contribution < 1.29 is 23.7 Å². The van der Waals surface area contributed by atoms with Crippen LogP contribution in [0.5, 0.6) is 23.0 Å². The van der Waals surface area contributed by atoms with Crippen LogP contribution in [0.3, 0.4) is 0 Å². The Balaban J connectivity index is 1.73. The quantitative estimate of drug-likeness (QED) is 0.439. The fourth-order valence-electron chi connectivity index (χ4n) is 3.49. The number of amides is 1. The summed E-state index contributed by atoms with van der Waals surface area (Å²) in [6.07, 6.45) is 5.24. The summed E-state index contributed by atoms with van der Waals surface area (Å²) in [7, 11) is 6.17. The maximum Gasteiger partial charge on any atom is 0.261 e. The summed E-state index contributed by atoms with van der Waals surface area (Å²) in [6, 6.07) is 14.5. The Morgan fingerprint density at radius 3 is 2.06 bits per heavy atom. The van der Waals surface area contributed by atoms with E-state index >= 15 is 0 Å². The summed E-state index contributed by atoms with van der Waals surface area (Å²) in [5.41, 5.74) is 1.66. The first-order valence-electron chi connectivity index (χ1n) is 10.1. The SMILES string of the molecule is COc1ccc(-n2ncc(C(=O)Nc3cc(OC)c(OC)c(OC)c3)c2-n2cccc2)cc1. The summed E-state index contributed by atoms with van der Waals surface area (Å²) in [5, 5.41) is 7.38. The number of benzene rings is 2. The van der Waals surface area contributed by atoms with E-state index in [1.165, 1.54) is 27.5 Å². The van der Waals surface area contributed by atoms with E-state index in [0.29, 0.717) is 34.3 Å². The lowest BCUT2D eigenvalue weighted by atomic mass is 10.2. The second-order valence-electron chi connectivity index (χ2n) is 6.95. The van der Waals surface area contributed by atoms with Crippen molar-refractivity contribution in [3.05, 3.63) is 72.7 Å². The number of nitrogens with one attached hydrogen (secondary N) is 1. The highest BCUT2D eigenvalue weighted by Crippen LogP contribution is 2.40. The van der Waals surface area contributed by atoms with Crippen LogP contribution >= 0.6 is 0 Å². The number of anilines is 1. The highest BCUT2D eigenvalue weighted by atomic mass is 16.5. The second kappa shape index (κ2) is 9.39. The third-order valence-electron chi connectivity index (χ3n) is 5.08. The van der Waals surface area contributed by atoms with Crippen LogP contribution < -0.4 is 24.3 Å². The minimum absolute atomic E-state index is 0.340. The molecule has 0 spiro atoms. The first kappa shape index (κ1) is 21.8. The Bertz CT molecular complexity index is 1220. The molecular formula is C24H24N4O5. The lowest BCUT2D eigenvalue weighted by molar-refractivity contribution is 0.102. The molecule has 0 fully saturated rings. The number of carbonyl (C=O) groups excluding carboxylic acids is 1. The highest BCUT2D eigenvalue weighted by Gasteiger charge is 2.21. The number of aromatic nitrogens is 3. The van der Waals surface area contributed by atoms with Crippen molar-refractivity contribution >= 4 is 11.6 Å². The third kappa shape index (κ3) is 4.20. The van der Waals surface area contributed by atoms with Gasteiger partial charge in [-0.25, -0.2) is 4.68 Å². The number of ether oxygens (including phenoxy) is 4. The molecule has 0 saturated heterocycles. The monoisotopic (exact) mass is 448 g/mol. The van der Waals surface area contributed by atoms with Gasteiger partial charge in [0, 0.05) is 30.2 Å². The zero-order chi connectivity index (χ0) is 23.4. The van der Waals surface area contributed by atoms with E-state index in [1.54, 1.807) is 23.9 Å². The molecular weight excluding hydrogens is 424 g/mol. The van der Waals surface area contributed by atoms with E-state index in [0.717, 1.165) is 11.4 Å². The molecule has 0 saturated carbocycles. The highest BCUT2D eigenvalue weighted by molar-refractivity contribution is 6.06. The van der Waals surface area contributed by atoms with Gasteiger partial charge in [0.05, 0.1) is 40.3 Å². The second-order valence-corrected chi connectivity index (χ2v) is 6.95. The largest absolute Gasteiger partial charge is 0.497 e. The maximum absolute atomic E-state index is 13.3. The van der Waals surface area contributed by atoms with Crippen molar-refractivity contribution in [1.29, 1.82) is 0 Å². The smallest absolute Gasteiger partial charge is 0.261 e. The molecule has 4 rings (SSSR count). The summed E-state index contributed by atoms with van der Waals surface area (Å²) >= 11 is 0. The Labute approximate surface area is 191 Å². The summed E-state index contributed by atoms with van der Waals surface area (Å²) in [6.45, 7) is 0. The molecule has 0 aliphatic rings. The van der Waals surface area contributed by atoms with E-state index < -0.39 is 0 Å². The van der Waals surface area contributed by atoms with Gasteiger partial charge in [-0.1, -0.05) is 0 Å². The number of hydrogen-bond acceptors (Lipinski definition) is 6. The first-order chi connectivity index (χ1) is 16.1. The minimum Gasteiger partial charge on any atom is -0.497 e. The van der Waals surface area contributed by atoms with Crippen LogP contribution in [0, 0.1) is 0 Å². The number of methoxy groups -OCH3 is 4. The van der Waals surface area contributed by atoms with Gasteiger partial charge in [-0.3, -0.25) is 4.79 Å². The van der Waals surface area contributed by atoms with E-state index in [1.807, 2.05) is 53.4 Å². The van der Waals surface area contributed by atoms with Crippen LogP contribution in [0.25, 0.3) is 11.5 Å². The van der Waals surface area contributed by atoms with Crippen LogP contribution in [0.2, 0.25) is 0 Å². The van der Waals surface area contributed by atoms with Gasteiger partial charge >= 0.3 is 0 Å². The number of hydrogen-bond donors (Lipinski definition) is 1. The van der Waals surface area contributed by atoms with Crippen molar-refractivity contribution in [1.82, 2.24) is 14.3 Å². The molecule has 170 valence electrons. The zero-order valence-electron chi connectivity index (χ0n) is 18.7. The van der Waals surface area contributed by atoms with Gasteiger partial charge < -0.3 is 28.8 Å². The fraction of sp³-hybridized carbons (Fsp3) is 0.167. The number of rotatable bonds is 8. The normalized spacial score (nSPS) is 10.5. The van der Waals surface area contributed by atoms with Crippen LogP contribution in [0.15, 0.2) is 67.1 Å². The summed E-state index contributed by atoms with van der Waals surface area (Å²) in [4.78, 5) is 13.3. The minimum atomic E-state index is -0.340. The Hall–Kier alpha value is -4.40. The molecule has 0 aliphatic carbocycles. The molecule has 0 bridgehead atoms. The van der Waals surface area contributed by atoms with Gasteiger partial charge in [-0.05, 0) is 36.4 Å². The van der Waals surface area contributed by atoms with Crippen molar-refractivity contribution in [2.45, 2.75) is 0 Å². The lowest BCUT2D eigenvalue weighted by Gasteiger charge is -2.15. The van der Waals surface area contributed by atoms with E-state index in [9.17, 15) is 4.79 Å². The molecule has 1 amide bonds. The van der Waals surface area contributed by atoms with Gasteiger partial charge in [0.1, 0.15) is 11.3 Å². The topological polar surface area (TPSA) is 88.8 Å². The first-order valence-corrected chi connectivity index (χ1v) is 10.1. The van der Waals surface area contributed by atoms with Gasteiger partial charge in [0.2, 0.25) is 5.75 Å². The average Bonchev–Trinajstić information content (AvgIpc) is 3.53. The predicted molar refractivity (Wildman–Crippen MR) is 123 cm³/mol. The van der Waals surface area contributed by atoms with Crippen LogP contribution in [0.4, 0.5) is 5.69 Å². The van der Waals surface area contributed by atoms with Gasteiger partial charge in [-0.2, -0.15) is 5.10 Å². The van der Waals surface area contributed by atoms with Gasteiger partial charge in [-0.15, -0.1) is 0 Å². The summed E-state index contributed by atoms with van der Waals surface area (Å²) < 4.78 is 24.9. The molecule has 2 aromatic carbocycles.